The Morgan fingerprint density at radius 1 is 0.966 bits per heavy atom. The van der Waals surface area contributed by atoms with E-state index in [1.165, 1.54) is 5.56 Å². The van der Waals surface area contributed by atoms with Gasteiger partial charge >= 0.3 is 0 Å². The molecule has 1 aliphatic heterocycles. The van der Waals surface area contributed by atoms with Crippen molar-refractivity contribution in [3.63, 3.8) is 0 Å². The van der Waals surface area contributed by atoms with Gasteiger partial charge in [0.15, 0.2) is 0 Å². The van der Waals surface area contributed by atoms with Crippen LogP contribution in [0.5, 0.6) is 11.5 Å². The average Bonchev–Trinajstić information content (AvgIpc) is 2.73. The molecule has 5 heteroatoms. The van der Waals surface area contributed by atoms with Crippen LogP contribution in [-0.2, 0) is 10.2 Å². The summed E-state index contributed by atoms with van der Waals surface area (Å²) in [6.07, 6.45) is 0.398. The van der Waals surface area contributed by atoms with Crippen molar-refractivity contribution in [3.8, 4) is 11.5 Å². The molecular formula is C24H32N2O3. The highest BCUT2D eigenvalue weighted by Crippen LogP contribution is 2.28. The Morgan fingerprint density at radius 2 is 1.62 bits per heavy atom. The lowest BCUT2D eigenvalue weighted by Gasteiger charge is -2.36. The van der Waals surface area contributed by atoms with Crippen molar-refractivity contribution in [3.05, 3.63) is 54.1 Å². The summed E-state index contributed by atoms with van der Waals surface area (Å²) in [6, 6.07) is 16.2. The van der Waals surface area contributed by atoms with Crippen molar-refractivity contribution < 1.29 is 14.3 Å². The average molecular weight is 397 g/mol. The number of benzene rings is 2. The summed E-state index contributed by atoms with van der Waals surface area (Å²) >= 11 is 0. The Labute approximate surface area is 174 Å². The van der Waals surface area contributed by atoms with E-state index in [2.05, 4.69) is 43.9 Å². The Bertz CT molecular complexity index is 804. The molecule has 0 unspecified atom stereocenters. The second kappa shape index (κ2) is 9.21. The van der Waals surface area contributed by atoms with Gasteiger partial charge in [0.1, 0.15) is 11.5 Å². The number of hydrogen-bond donors (Lipinski definition) is 0. The molecule has 1 amide bonds. The minimum atomic E-state index is 0.125. The van der Waals surface area contributed by atoms with Crippen molar-refractivity contribution >= 4 is 11.6 Å². The van der Waals surface area contributed by atoms with E-state index < -0.39 is 0 Å². The van der Waals surface area contributed by atoms with E-state index in [-0.39, 0.29) is 11.3 Å². The van der Waals surface area contributed by atoms with Gasteiger partial charge in [-0.05, 0) is 35.2 Å². The Hall–Kier alpha value is -2.69. The third kappa shape index (κ3) is 5.43. The molecule has 0 atom stereocenters. The van der Waals surface area contributed by atoms with Crippen LogP contribution in [0, 0.1) is 0 Å². The van der Waals surface area contributed by atoms with Crippen LogP contribution in [0.4, 0.5) is 5.69 Å². The zero-order valence-corrected chi connectivity index (χ0v) is 18.0. The Morgan fingerprint density at radius 3 is 2.24 bits per heavy atom. The highest BCUT2D eigenvalue weighted by atomic mass is 16.5. The van der Waals surface area contributed by atoms with E-state index >= 15 is 0 Å². The molecule has 0 aromatic heterocycles. The summed E-state index contributed by atoms with van der Waals surface area (Å²) in [4.78, 5) is 16.7. The van der Waals surface area contributed by atoms with Gasteiger partial charge < -0.3 is 19.3 Å². The van der Waals surface area contributed by atoms with Gasteiger partial charge in [-0.25, -0.2) is 0 Å². The molecule has 1 heterocycles. The highest BCUT2D eigenvalue weighted by Gasteiger charge is 2.22. The van der Waals surface area contributed by atoms with E-state index in [1.54, 1.807) is 7.11 Å². The maximum Gasteiger partial charge on any atom is 0.226 e. The second-order valence-corrected chi connectivity index (χ2v) is 8.41. The van der Waals surface area contributed by atoms with Crippen LogP contribution < -0.4 is 14.4 Å². The number of nitrogens with zero attached hydrogens (tertiary/aromatic N) is 2. The fourth-order valence-electron chi connectivity index (χ4n) is 3.55. The number of methoxy groups -OCH3 is 1. The SMILES string of the molecule is COc1ccccc1N1CCN(C(=O)CCOc2ccc(C(C)(C)C)cc2)CC1. The molecule has 1 fully saturated rings. The molecule has 156 valence electrons. The summed E-state index contributed by atoms with van der Waals surface area (Å²) in [5, 5.41) is 0. The smallest absolute Gasteiger partial charge is 0.226 e. The molecule has 1 aliphatic rings. The molecule has 0 aliphatic carbocycles. The largest absolute Gasteiger partial charge is 0.495 e. The van der Waals surface area contributed by atoms with E-state index in [0.717, 1.165) is 43.4 Å². The summed E-state index contributed by atoms with van der Waals surface area (Å²) < 4.78 is 11.2. The number of rotatable bonds is 6. The van der Waals surface area contributed by atoms with Crippen LogP contribution in [0.3, 0.4) is 0 Å². The van der Waals surface area contributed by atoms with E-state index in [0.29, 0.717) is 13.0 Å². The van der Waals surface area contributed by atoms with Crippen molar-refractivity contribution in [1.29, 1.82) is 0 Å². The summed E-state index contributed by atoms with van der Waals surface area (Å²) in [6.45, 7) is 10.0. The Balaban J connectivity index is 1.44. The standard InChI is InChI=1S/C24H32N2O3/c1-24(2,3)19-9-11-20(12-10-19)29-18-13-23(27)26-16-14-25(15-17-26)21-7-5-6-8-22(21)28-4/h5-12H,13-18H2,1-4H3. The summed E-state index contributed by atoms with van der Waals surface area (Å²) in [5.74, 6) is 1.83. The first-order valence-electron chi connectivity index (χ1n) is 10.3. The van der Waals surface area contributed by atoms with Gasteiger partial charge in [-0.2, -0.15) is 0 Å². The van der Waals surface area contributed by atoms with E-state index in [4.69, 9.17) is 9.47 Å². The maximum absolute atomic E-state index is 12.5. The number of anilines is 1. The zero-order valence-electron chi connectivity index (χ0n) is 18.0. The fraction of sp³-hybridized carbons (Fsp3) is 0.458. The number of carbonyl (C=O) groups excluding carboxylic acids is 1. The summed E-state index contributed by atoms with van der Waals surface area (Å²) in [7, 11) is 1.69. The number of carbonyl (C=O) groups is 1. The van der Waals surface area contributed by atoms with Crippen LogP contribution in [0.25, 0.3) is 0 Å². The van der Waals surface area contributed by atoms with Gasteiger partial charge in [0.2, 0.25) is 5.91 Å². The predicted octanol–water partition coefficient (Wildman–Crippen LogP) is 4.11. The van der Waals surface area contributed by atoms with Crippen LogP contribution >= 0.6 is 0 Å². The zero-order chi connectivity index (χ0) is 20.9. The maximum atomic E-state index is 12.5. The normalized spacial score (nSPS) is 14.6. The molecule has 0 N–H and O–H groups in total. The van der Waals surface area contributed by atoms with Gasteiger partial charge in [-0.3, -0.25) is 4.79 Å². The van der Waals surface area contributed by atoms with E-state index in [9.17, 15) is 4.79 Å². The first-order chi connectivity index (χ1) is 13.9. The molecule has 3 rings (SSSR count). The predicted molar refractivity (Wildman–Crippen MR) is 117 cm³/mol. The van der Waals surface area contributed by atoms with E-state index in [1.807, 2.05) is 35.2 Å². The molecular weight excluding hydrogens is 364 g/mol. The first-order valence-corrected chi connectivity index (χ1v) is 10.3. The second-order valence-electron chi connectivity index (χ2n) is 8.41. The number of piperazine rings is 1. The fourth-order valence-corrected chi connectivity index (χ4v) is 3.55. The molecule has 0 radical (unpaired) electrons. The third-order valence-electron chi connectivity index (χ3n) is 5.36. The third-order valence-corrected chi connectivity index (χ3v) is 5.36. The monoisotopic (exact) mass is 396 g/mol. The minimum absolute atomic E-state index is 0.125. The molecule has 29 heavy (non-hydrogen) atoms. The molecule has 0 spiro atoms. The first kappa shape index (κ1) is 21.0. The van der Waals surface area contributed by atoms with Crippen molar-refractivity contribution in [1.82, 2.24) is 4.90 Å². The van der Waals surface area contributed by atoms with Gasteiger partial charge in [-0.1, -0.05) is 45.0 Å². The lowest BCUT2D eigenvalue weighted by Crippen LogP contribution is -2.49. The van der Waals surface area contributed by atoms with Crippen molar-refractivity contribution in [2.45, 2.75) is 32.6 Å². The Kier molecular flexibility index (Phi) is 6.68. The van der Waals surface area contributed by atoms with Gasteiger partial charge in [0.05, 0.1) is 25.8 Å². The number of para-hydroxylation sites is 2. The lowest BCUT2D eigenvalue weighted by atomic mass is 9.87. The van der Waals surface area contributed by atoms with Crippen LogP contribution in [0.1, 0.15) is 32.8 Å². The minimum Gasteiger partial charge on any atom is -0.495 e. The quantitative estimate of drug-likeness (QED) is 0.737. The van der Waals surface area contributed by atoms with Gasteiger partial charge in [-0.15, -0.1) is 0 Å². The van der Waals surface area contributed by atoms with Gasteiger partial charge in [0, 0.05) is 26.2 Å². The molecule has 5 nitrogen and oxygen atoms in total. The molecule has 2 aromatic rings. The van der Waals surface area contributed by atoms with Gasteiger partial charge in [0.25, 0.3) is 0 Å². The lowest BCUT2D eigenvalue weighted by molar-refractivity contribution is -0.132. The molecule has 0 bridgehead atoms. The van der Waals surface area contributed by atoms with Crippen LogP contribution in [0.2, 0.25) is 0 Å². The topological polar surface area (TPSA) is 42.0 Å². The number of amides is 1. The molecule has 2 aromatic carbocycles. The number of ether oxygens (including phenoxy) is 2. The van der Waals surface area contributed by atoms with Crippen LogP contribution in [0.15, 0.2) is 48.5 Å². The molecule has 0 saturated carbocycles. The summed E-state index contributed by atoms with van der Waals surface area (Å²) in [5.41, 5.74) is 2.48. The van der Waals surface area contributed by atoms with Crippen molar-refractivity contribution in [2.75, 3.05) is 44.8 Å². The number of hydrogen-bond acceptors (Lipinski definition) is 4. The highest BCUT2D eigenvalue weighted by molar-refractivity contribution is 5.76. The van der Waals surface area contributed by atoms with Crippen LogP contribution in [-0.4, -0.2) is 50.7 Å². The van der Waals surface area contributed by atoms with Crippen molar-refractivity contribution in [2.24, 2.45) is 0 Å². The molecule has 1 saturated heterocycles.